The molecular weight excluding hydrogens is 323 g/mol. The van der Waals surface area contributed by atoms with E-state index in [9.17, 15) is 18.0 Å². The summed E-state index contributed by atoms with van der Waals surface area (Å²) in [6.07, 6.45) is -4.44. The van der Waals surface area contributed by atoms with Gasteiger partial charge in [-0.2, -0.15) is 18.4 Å². The number of aryl methyl sites for hydroxylation is 1. The molecular formula is C16H14F3N3O2. The van der Waals surface area contributed by atoms with Crippen LogP contribution >= 0.6 is 0 Å². The van der Waals surface area contributed by atoms with Crippen molar-refractivity contribution in [1.29, 1.82) is 5.26 Å². The van der Waals surface area contributed by atoms with E-state index in [0.29, 0.717) is 17.5 Å². The Labute approximate surface area is 135 Å². The zero-order chi connectivity index (χ0) is 17.5. The second kappa shape index (κ2) is 5.83. The van der Waals surface area contributed by atoms with E-state index in [1.807, 2.05) is 6.07 Å². The van der Waals surface area contributed by atoms with E-state index >= 15 is 0 Å². The largest absolute Gasteiger partial charge is 0.416 e. The van der Waals surface area contributed by atoms with Crippen molar-refractivity contribution in [3.05, 3.63) is 35.5 Å². The van der Waals surface area contributed by atoms with Crippen LogP contribution in [0, 0.1) is 11.3 Å². The lowest BCUT2D eigenvalue weighted by molar-refractivity contribution is -0.137. The predicted molar refractivity (Wildman–Crippen MR) is 79.2 cm³/mol. The van der Waals surface area contributed by atoms with Crippen molar-refractivity contribution < 1.29 is 22.7 Å². The summed E-state index contributed by atoms with van der Waals surface area (Å²) in [7, 11) is 1.62. The van der Waals surface area contributed by atoms with Crippen molar-refractivity contribution in [1.82, 2.24) is 9.47 Å². The van der Waals surface area contributed by atoms with Crippen molar-refractivity contribution >= 4 is 16.8 Å². The number of carbonyl (C=O) groups is 1. The second-order valence-corrected chi connectivity index (χ2v) is 5.58. The minimum absolute atomic E-state index is 0.129. The number of hydrogen-bond acceptors (Lipinski definition) is 3. The molecule has 2 aromatic rings. The lowest BCUT2D eigenvalue weighted by Crippen LogP contribution is -2.48. The molecule has 1 aromatic heterocycles. The number of amides is 1. The highest BCUT2D eigenvalue weighted by Crippen LogP contribution is 2.32. The molecule has 0 unspecified atom stereocenters. The number of rotatable bonds is 1. The number of benzene rings is 1. The van der Waals surface area contributed by atoms with E-state index in [0.717, 1.165) is 12.1 Å². The second-order valence-electron chi connectivity index (χ2n) is 5.58. The molecule has 1 amide bonds. The van der Waals surface area contributed by atoms with Crippen molar-refractivity contribution in [2.24, 2.45) is 7.05 Å². The maximum atomic E-state index is 12.8. The van der Waals surface area contributed by atoms with Crippen LogP contribution in [0.15, 0.2) is 24.3 Å². The SMILES string of the molecule is Cn1c(C(=O)N2CCOC[C@@H]2C#N)cc2cc(C(F)(F)F)ccc21. The monoisotopic (exact) mass is 337 g/mol. The molecule has 0 spiro atoms. The quantitative estimate of drug-likeness (QED) is 0.804. The first-order valence-corrected chi connectivity index (χ1v) is 7.28. The fourth-order valence-electron chi connectivity index (χ4n) is 2.83. The molecule has 2 heterocycles. The van der Waals surface area contributed by atoms with Gasteiger partial charge in [0.1, 0.15) is 11.7 Å². The van der Waals surface area contributed by atoms with Crippen LogP contribution in [0.25, 0.3) is 10.9 Å². The van der Waals surface area contributed by atoms with Gasteiger partial charge in [0.2, 0.25) is 0 Å². The molecule has 1 saturated heterocycles. The number of morpholine rings is 1. The molecule has 0 N–H and O–H groups in total. The number of ether oxygens (including phenoxy) is 1. The van der Waals surface area contributed by atoms with Crippen LogP contribution in [0.1, 0.15) is 16.1 Å². The number of nitriles is 1. The predicted octanol–water partition coefficient (Wildman–Crippen LogP) is 2.56. The Bertz CT molecular complexity index is 835. The summed E-state index contributed by atoms with van der Waals surface area (Å²) >= 11 is 0. The number of aromatic nitrogens is 1. The van der Waals surface area contributed by atoms with Gasteiger partial charge in [0.15, 0.2) is 0 Å². The van der Waals surface area contributed by atoms with E-state index in [2.05, 4.69) is 0 Å². The van der Waals surface area contributed by atoms with E-state index in [1.165, 1.54) is 17.0 Å². The molecule has 1 fully saturated rings. The zero-order valence-electron chi connectivity index (χ0n) is 12.8. The van der Waals surface area contributed by atoms with Crippen LogP contribution in [-0.4, -0.2) is 41.2 Å². The van der Waals surface area contributed by atoms with Gasteiger partial charge in [-0.15, -0.1) is 0 Å². The number of carbonyl (C=O) groups excluding carboxylic acids is 1. The number of nitrogens with zero attached hydrogens (tertiary/aromatic N) is 3. The first-order chi connectivity index (χ1) is 11.3. The van der Waals surface area contributed by atoms with Gasteiger partial charge in [-0.1, -0.05) is 0 Å². The van der Waals surface area contributed by atoms with Crippen molar-refractivity contribution in [2.75, 3.05) is 19.8 Å². The average molecular weight is 337 g/mol. The molecule has 126 valence electrons. The highest BCUT2D eigenvalue weighted by molar-refractivity contribution is 5.99. The molecule has 1 atom stereocenters. The number of alkyl halides is 3. The Morgan fingerprint density at radius 3 is 2.79 bits per heavy atom. The Morgan fingerprint density at radius 2 is 2.12 bits per heavy atom. The Kier molecular flexibility index (Phi) is 3.97. The van der Waals surface area contributed by atoms with Gasteiger partial charge in [-0.3, -0.25) is 4.79 Å². The van der Waals surface area contributed by atoms with E-state index in [1.54, 1.807) is 11.6 Å². The average Bonchev–Trinajstić information content (AvgIpc) is 2.90. The van der Waals surface area contributed by atoms with Crippen molar-refractivity contribution in [2.45, 2.75) is 12.2 Å². The molecule has 1 aliphatic heterocycles. The first kappa shape index (κ1) is 16.3. The van der Waals surface area contributed by atoms with Crippen molar-refractivity contribution in [3.63, 3.8) is 0 Å². The first-order valence-electron chi connectivity index (χ1n) is 7.28. The molecule has 0 aliphatic carbocycles. The third-order valence-corrected chi connectivity index (χ3v) is 4.13. The van der Waals surface area contributed by atoms with Gasteiger partial charge in [-0.05, 0) is 24.3 Å². The third-order valence-electron chi connectivity index (χ3n) is 4.13. The molecule has 8 heteroatoms. The smallest absolute Gasteiger partial charge is 0.376 e. The van der Waals surface area contributed by atoms with Crippen LogP contribution in [0.2, 0.25) is 0 Å². The molecule has 5 nitrogen and oxygen atoms in total. The van der Waals surface area contributed by atoms with E-state index in [-0.39, 0.29) is 18.8 Å². The van der Waals surface area contributed by atoms with Gasteiger partial charge in [0.05, 0.1) is 24.8 Å². The lowest BCUT2D eigenvalue weighted by atomic mass is 10.1. The minimum Gasteiger partial charge on any atom is -0.376 e. The summed E-state index contributed by atoms with van der Waals surface area (Å²) in [6, 6.07) is 6.09. The maximum absolute atomic E-state index is 12.8. The molecule has 0 bridgehead atoms. The van der Waals surface area contributed by atoms with Gasteiger partial charge < -0.3 is 14.2 Å². The Morgan fingerprint density at radius 1 is 1.38 bits per heavy atom. The Hall–Kier alpha value is -2.53. The summed E-state index contributed by atoms with van der Waals surface area (Å²) in [4.78, 5) is 14.1. The van der Waals surface area contributed by atoms with Crippen LogP contribution in [0.5, 0.6) is 0 Å². The third kappa shape index (κ3) is 2.71. The molecule has 0 saturated carbocycles. The fourth-order valence-corrected chi connectivity index (χ4v) is 2.83. The molecule has 0 radical (unpaired) electrons. The van der Waals surface area contributed by atoms with E-state index in [4.69, 9.17) is 10.00 Å². The van der Waals surface area contributed by atoms with Gasteiger partial charge >= 0.3 is 6.18 Å². The molecule has 1 aliphatic rings. The zero-order valence-corrected chi connectivity index (χ0v) is 12.8. The highest BCUT2D eigenvalue weighted by Gasteiger charge is 2.32. The topological polar surface area (TPSA) is 58.3 Å². The Balaban J connectivity index is 2.02. The fraction of sp³-hybridized carbons (Fsp3) is 0.375. The summed E-state index contributed by atoms with van der Waals surface area (Å²) in [5.41, 5.74) is 0.000430. The number of fused-ring (bicyclic) bond motifs is 1. The molecule has 1 aromatic carbocycles. The number of hydrogen-bond donors (Lipinski definition) is 0. The summed E-state index contributed by atoms with van der Waals surface area (Å²) in [5, 5.41) is 9.47. The van der Waals surface area contributed by atoms with Crippen LogP contribution in [-0.2, 0) is 18.0 Å². The highest BCUT2D eigenvalue weighted by atomic mass is 19.4. The van der Waals surface area contributed by atoms with Crippen molar-refractivity contribution in [3.8, 4) is 6.07 Å². The minimum atomic E-state index is -4.44. The summed E-state index contributed by atoms with van der Waals surface area (Å²) in [5.74, 6) is -0.392. The molecule has 3 rings (SSSR count). The standard InChI is InChI=1S/C16H14F3N3O2/c1-21-13-3-2-11(16(17,18)19)6-10(13)7-14(21)15(23)22-4-5-24-9-12(22)8-20/h2-3,6-7,12H,4-5,9H2,1H3/t12-/m0/s1. The van der Waals surface area contributed by atoms with Crippen LogP contribution < -0.4 is 0 Å². The summed E-state index contributed by atoms with van der Waals surface area (Å²) < 4.78 is 45.2. The number of halogens is 3. The van der Waals surface area contributed by atoms with Gasteiger partial charge in [0.25, 0.3) is 5.91 Å². The van der Waals surface area contributed by atoms with Crippen LogP contribution in [0.4, 0.5) is 13.2 Å². The van der Waals surface area contributed by atoms with E-state index < -0.39 is 23.7 Å². The van der Waals surface area contributed by atoms with Crippen LogP contribution in [0.3, 0.4) is 0 Å². The lowest BCUT2D eigenvalue weighted by Gasteiger charge is -2.31. The normalized spacial score (nSPS) is 18.6. The van der Waals surface area contributed by atoms with Gasteiger partial charge in [0, 0.05) is 24.5 Å². The maximum Gasteiger partial charge on any atom is 0.416 e. The molecule has 24 heavy (non-hydrogen) atoms. The van der Waals surface area contributed by atoms with Gasteiger partial charge in [-0.25, -0.2) is 0 Å². The summed E-state index contributed by atoms with van der Waals surface area (Å²) in [6.45, 7) is 0.725.